The Hall–Kier alpha value is -0.770. The van der Waals surface area contributed by atoms with Crippen molar-refractivity contribution in [2.45, 2.75) is 25.5 Å². The van der Waals surface area contributed by atoms with Gasteiger partial charge in [0, 0.05) is 23.7 Å². The molecule has 1 fully saturated rings. The minimum Gasteiger partial charge on any atom is -0.491 e. The normalized spacial score (nSPS) is 19.5. The maximum absolute atomic E-state index is 5.97. The van der Waals surface area contributed by atoms with Crippen LogP contribution in [0.1, 0.15) is 18.4 Å². The van der Waals surface area contributed by atoms with E-state index >= 15 is 0 Å². The summed E-state index contributed by atoms with van der Waals surface area (Å²) in [6.07, 6.45) is 2.47. The number of hydrogen-bond acceptors (Lipinski definition) is 3. The van der Waals surface area contributed by atoms with Crippen LogP contribution >= 0.6 is 11.6 Å². The van der Waals surface area contributed by atoms with Crippen molar-refractivity contribution in [3.63, 3.8) is 0 Å². The van der Waals surface area contributed by atoms with Gasteiger partial charge in [-0.15, -0.1) is 0 Å². The van der Waals surface area contributed by atoms with Gasteiger partial charge in [-0.3, -0.25) is 0 Å². The molecule has 0 aliphatic carbocycles. The number of halogens is 1. The van der Waals surface area contributed by atoms with Gasteiger partial charge in [0.05, 0.1) is 6.10 Å². The first kappa shape index (κ1) is 12.7. The predicted molar refractivity (Wildman–Crippen MR) is 68.7 cm³/mol. The van der Waals surface area contributed by atoms with E-state index in [0.29, 0.717) is 6.61 Å². The summed E-state index contributed by atoms with van der Waals surface area (Å²) in [5, 5.41) is 3.85. The molecular weight excluding hydrogens is 238 g/mol. The van der Waals surface area contributed by atoms with E-state index in [2.05, 4.69) is 5.32 Å². The van der Waals surface area contributed by atoms with Crippen molar-refractivity contribution in [1.82, 2.24) is 5.32 Å². The van der Waals surface area contributed by atoms with Gasteiger partial charge >= 0.3 is 0 Å². The number of benzene rings is 1. The molecule has 4 heteroatoms. The summed E-state index contributed by atoms with van der Waals surface area (Å²) in [5.41, 5.74) is 1.08. The van der Waals surface area contributed by atoms with E-state index < -0.39 is 0 Å². The van der Waals surface area contributed by atoms with E-state index in [1.807, 2.05) is 25.2 Å². The van der Waals surface area contributed by atoms with Crippen LogP contribution in [0.4, 0.5) is 0 Å². The van der Waals surface area contributed by atoms with E-state index in [1.165, 1.54) is 0 Å². The van der Waals surface area contributed by atoms with E-state index in [4.69, 9.17) is 21.1 Å². The lowest BCUT2D eigenvalue weighted by molar-refractivity contribution is 0.0676. The molecule has 0 spiro atoms. The highest BCUT2D eigenvalue weighted by molar-refractivity contribution is 6.30. The molecule has 0 radical (unpaired) electrons. The summed E-state index contributed by atoms with van der Waals surface area (Å²) in [4.78, 5) is 0. The van der Waals surface area contributed by atoms with Crippen LogP contribution in [-0.4, -0.2) is 26.4 Å². The van der Waals surface area contributed by atoms with E-state index in [1.54, 1.807) is 0 Å². The van der Waals surface area contributed by atoms with Crippen LogP contribution in [0.3, 0.4) is 0 Å². The Labute approximate surface area is 107 Å². The maximum Gasteiger partial charge on any atom is 0.124 e. The summed E-state index contributed by atoms with van der Waals surface area (Å²) >= 11 is 5.97. The summed E-state index contributed by atoms with van der Waals surface area (Å²) in [7, 11) is 1.91. The molecule has 1 N–H and O–H groups in total. The maximum atomic E-state index is 5.97. The third-order valence-electron chi connectivity index (χ3n) is 2.84. The standard InChI is InChI=1S/C13H18ClNO2/c1-15-8-10-7-11(14)4-5-13(10)17-9-12-3-2-6-16-12/h4-5,7,12,15H,2-3,6,8-9H2,1H3. The van der Waals surface area contributed by atoms with Crippen LogP contribution < -0.4 is 10.1 Å². The van der Waals surface area contributed by atoms with Crippen molar-refractivity contribution in [2.75, 3.05) is 20.3 Å². The summed E-state index contributed by atoms with van der Waals surface area (Å²) in [5.74, 6) is 0.888. The highest BCUT2D eigenvalue weighted by atomic mass is 35.5. The lowest BCUT2D eigenvalue weighted by Crippen LogP contribution is -2.17. The molecule has 3 nitrogen and oxygen atoms in total. The second kappa shape index (κ2) is 6.24. The zero-order valence-electron chi connectivity index (χ0n) is 10.0. The Morgan fingerprint density at radius 2 is 2.41 bits per heavy atom. The van der Waals surface area contributed by atoms with Gasteiger partial charge in [0.15, 0.2) is 0 Å². The summed E-state index contributed by atoms with van der Waals surface area (Å²) in [6.45, 7) is 2.23. The zero-order valence-corrected chi connectivity index (χ0v) is 10.8. The summed E-state index contributed by atoms with van der Waals surface area (Å²) in [6, 6.07) is 5.71. The Kier molecular flexibility index (Phi) is 4.66. The minimum atomic E-state index is 0.244. The van der Waals surface area contributed by atoms with Crippen LogP contribution in [0, 0.1) is 0 Å². The fourth-order valence-electron chi connectivity index (χ4n) is 1.98. The molecule has 1 saturated heterocycles. The highest BCUT2D eigenvalue weighted by Crippen LogP contribution is 2.24. The first-order valence-corrected chi connectivity index (χ1v) is 6.35. The molecular formula is C13H18ClNO2. The van der Waals surface area contributed by atoms with Crippen LogP contribution in [-0.2, 0) is 11.3 Å². The Morgan fingerprint density at radius 1 is 1.53 bits per heavy atom. The van der Waals surface area contributed by atoms with Crippen molar-refractivity contribution in [2.24, 2.45) is 0 Å². The number of ether oxygens (including phenoxy) is 2. The van der Waals surface area contributed by atoms with Crippen LogP contribution in [0.5, 0.6) is 5.75 Å². The topological polar surface area (TPSA) is 30.5 Å². The van der Waals surface area contributed by atoms with Gasteiger partial charge in [0.25, 0.3) is 0 Å². The Balaban J connectivity index is 1.98. The van der Waals surface area contributed by atoms with Gasteiger partial charge < -0.3 is 14.8 Å². The molecule has 1 aliphatic rings. The zero-order chi connectivity index (χ0) is 12.1. The van der Waals surface area contributed by atoms with Gasteiger partial charge in [-0.1, -0.05) is 11.6 Å². The molecule has 1 unspecified atom stereocenters. The van der Waals surface area contributed by atoms with Gasteiger partial charge in [-0.2, -0.15) is 0 Å². The molecule has 1 aliphatic heterocycles. The fourth-order valence-corrected chi connectivity index (χ4v) is 2.17. The molecule has 1 aromatic rings. The molecule has 1 atom stereocenters. The van der Waals surface area contributed by atoms with E-state index in [-0.39, 0.29) is 6.10 Å². The van der Waals surface area contributed by atoms with E-state index in [0.717, 1.165) is 42.3 Å². The molecule has 0 aromatic heterocycles. The van der Waals surface area contributed by atoms with Crippen molar-refractivity contribution in [3.05, 3.63) is 28.8 Å². The first-order chi connectivity index (χ1) is 8.29. The third-order valence-corrected chi connectivity index (χ3v) is 3.07. The lowest BCUT2D eigenvalue weighted by Gasteiger charge is -2.14. The molecule has 17 heavy (non-hydrogen) atoms. The van der Waals surface area contributed by atoms with Gasteiger partial charge in [-0.05, 0) is 38.1 Å². The second-order valence-electron chi connectivity index (χ2n) is 4.23. The molecule has 0 bridgehead atoms. The number of rotatable bonds is 5. The van der Waals surface area contributed by atoms with Crippen LogP contribution in [0.25, 0.3) is 0 Å². The SMILES string of the molecule is CNCc1cc(Cl)ccc1OCC1CCCO1. The van der Waals surface area contributed by atoms with Crippen LogP contribution in [0.2, 0.25) is 5.02 Å². The molecule has 0 saturated carbocycles. The average molecular weight is 256 g/mol. The van der Waals surface area contributed by atoms with Gasteiger partial charge in [0.2, 0.25) is 0 Å². The predicted octanol–water partition coefficient (Wildman–Crippen LogP) is 2.62. The van der Waals surface area contributed by atoms with Crippen molar-refractivity contribution in [3.8, 4) is 5.75 Å². The lowest BCUT2D eigenvalue weighted by atomic mass is 10.2. The highest BCUT2D eigenvalue weighted by Gasteiger charge is 2.16. The number of hydrogen-bond donors (Lipinski definition) is 1. The monoisotopic (exact) mass is 255 g/mol. The van der Waals surface area contributed by atoms with Crippen molar-refractivity contribution in [1.29, 1.82) is 0 Å². The fraction of sp³-hybridized carbons (Fsp3) is 0.538. The smallest absolute Gasteiger partial charge is 0.124 e. The second-order valence-corrected chi connectivity index (χ2v) is 4.66. The molecule has 2 rings (SSSR count). The molecule has 94 valence electrons. The molecule has 0 amide bonds. The average Bonchev–Trinajstić information content (AvgIpc) is 2.81. The van der Waals surface area contributed by atoms with Gasteiger partial charge in [-0.25, -0.2) is 0 Å². The Morgan fingerprint density at radius 3 is 3.12 bits per heavy atom. The van der Waals surface area contributed by atoms with Gasteiger partial charge in [0.1, 0.15) is 12.4 Å². The van der Waals surface area contributed by atoms with E-state index in [9.17, 15) is 0 Å². The van der Waals surface area contributed by atoms with Crippen molar-refractivity contribution >= 4 is 11.6 Å². The molecule has 1 aromatic carbocycles. The largest absolute Gasteiger partial charge is 0.491 e. The first-order valence-electron chi connectivity index (χ1n) is 5.97. The minimum absolute atomic E-state index is 0.244. The quantitative estimate of drug-likeness (QED) is 0.877. The third kappa shape index (κ3) is 3.60. The Bertz CT molecular complexity index is 364. The van der Waals surface area contributed by atoms with Crippen LogP contribution in [0.15, 0.2) is 18.2 Å². The summed E-state index contributed by atoms with van der Waals surface area (Å²) < 4.78 is 11.3. The number of nitrogens with one attached hydrogen (secondary N) is 1. The van der Waals surface area contributed by atoms with Crippen molar-refractivity contribution < 1.29 is 9.47 Å². The molecule has 1 heterocycles.